The number of nitrogens with zero attached hydrogens (tertiary/aromatic N) is 1. The Bertz CT molecular complexity index is 477. The van der Waals surface area contributed by atoms with Crippen molar-refractivity contribution in [3.63, 3.8) is 0 Å². The van der Waals surface area contributed by atoms with Crippen LogP contribution in [0.1, 0.15) is 0 Å². The molecule has 2 aliphatic heterocycles. The smallest absolute Gasteiger partial charge is 0.238 e. The minimum atomic E-state index is -0.0306. The first-order valence-corrected chi connectivity index (χ1v) is 8.06. The largest absolute Gasteiger partial charge is 0.490 e. The van der Waals surface area contributed by atoms with Gasteiger partial charge < -0.3 is 15.0 Å². The molecule has 1 atom stereocenters. The van der Waals surface area contributed by atoms with E-state index in [1.807, 2.05) is 18.2 Å². The highest BCUT2D eigenvalue weighted by atomic mass is 32.2. The molecule has 2 heterocycles. The van der Waals surface area contributed by atoms with Gasteiger partial charge in [0.05, 0.1) is 18.3 Å². The fraction of sp³-hybridized carbons (Fsp3) is 0.500. The quantitative estimate of drug-likeness (QED) is 0.854. The van der Waals surface area contributed by atoms with E-state index in [2.05, 4.69) is 21.6 Å². The molecule has 1 aromatic rings. The Morgan fingerprint density at radius 2 is 2.40 bits per heavy atom. The van der Waals surface area contributed by atoms with Gasteiger partial charge >= 0.3 is 0 Å². The SMILES string of the molecule is O=C(NCCN1CCOc2ccccc21)C1CSCN1. The molecule has 2 N–H and O–H groups in total. The average molecular weight is 293 g/mol. The highest BCUT2D eigenvalue weighted by Gasteiger charge is 2.22. The number of thioether (sulfide) groups is 1. The molecule has 0 spiro atoms. The summed E-state index contributed by atoms with van der Waals surface area (Å²) in [5.74, 6) is 2.77. The van der Waals surface area contributed by atoms with Crippen LogP contribution in [-0.2, 0) is 4.79 Å². The van der Waals surface area contributed by atoms with Crippen molar-refractivity contribution in [2.75, 3.05) is 42.8 Å². The maximum Gasteiger partial charge on any atom is 0.238 e. The number of fused-ring (bicyclic) bond motifs is 1. The maximum absolute atomic E-state index is 11.9. The molecule has 20 heavy (non-hydrogen) atoms. The van der Waals surface area contributed by atoms with Crippen LogP contribution in [0.15, 0.2) is 24.3 Å². The third-order valence-corrected chi connectivity index (χ3v) is 4.48. The maximum atomic E-state index is 11.9. The van der Waals surface area contributed by atoms with Crippen molar-refractivity contribution in [1.82, 2.24) is 10.6 Å². The number of nitrogens with one attached hydrogen (secondary N) is 2. The van der Waals surface area contributed by atoms with Gasteiger partial charge in [0.2, 0.25) is 5.91 Å². The molecule has 1 saturated heterocycles. The lowest BCUT2D eigenvalue weighted by atomic mass is 10.2. The highest BCUT2D eigenvalue weighted by molar-refractivity contribution is 7.99. The zero-order valence-corrected chi connectivity index (χ0v) is 12.1. The van der Waals surface area contributed by atoms with Crippen LogP contribution in [0.3, 0.4) is 0 Å². The van der Waals surface area contributed by atoms with Crippen LogP contribution in [0.2, 0.25) is 0 Å². The van der Waals surface area contributed by atoms with Gasteiger partial charge in [-0.25, -0.2) is 0 Å². The molecule has 3 rings (SSSR count). The van der Waals surface area contributed by atoms with E-state index in [0.29, 0.717) is 13.2 Å². The van der Waals surface area contributed by atoms with Crippen LogP contribution in [0.4, 0.5) is 5.69 Å². The number of amides is 1. The van der Waals surface area contributed by atoms with Crippen LogP contribution in [0.5, 0.6) is 5.75 Å². The molecule has 2 aliphatic rings. The molecule has 6 heteroatoms. The standard InChI is InChI=1S/C14H19N3O2S/c18-14(11-9-20-10-16-11)15-5-6-17-7-8-19-13-4-2-1-3-12(13)17/h1-4,11,16H,5-10H2,(H,15,18). The van der Waals surface area contributed by atoms with E-state index in [1.165, 1.54) is 0 Å². The lowest BCUT2D eigenvalue weighted by Gasteiger charge is -2.31. The van der Waals surface area contributed by atoms with E-state index >= 15 is 0 Å². The zero-order valence-electron chi connectivity index (χ0n) is 11.3. The average Bonchev–Trinajstić information content (AvgIpc) is 3.02. The van der Waals surface area contributed by atoms with E-state index in [4.69, 9.17) is 4.74 Å². The fourth-order valence-electron chi connectivity index (χ4n) is 2.46. The lowest BCUT2D eigenvalue weighted by Crippen LogP contribution is -2.45. The molecule has 1 unspecified atom stereocenters. The van der Waals surface area contributed by atoms with Crippen LogP contribution in [0, 0.1) is 0 Å². The summed E-state index contributed by atoms with van der Waals surface area (Å²) < 4.78 is 5.62. The third kappa shape index (κ3) is 3.02. The topological polar surface area (TPSA) is 53.6 Å². The summed E-state index contributed by atoms with van der Waals surface area (Å²) in [6.07, 6.45) is 0. The van der Waals surface area contributed by atoms with Crippen molar-refractivity contribution >= 4 is 23.4 Å². The van der Waals surface area contributed by atoms with E-state index in [0.717, 1.165) is 36.2 Å². The molecular weight excluding hydrogens is 274 g/mol. The number of rotatable bonds is 4. The Labute approximate surface area is 123 Å². The third-order valence-electron chi connectivity index (χ3n) is 3.54. The van der Waals surface area contributed by atoms with Crippen molar-refractivity contribution < 1.29 is 9.53 Å². The summed E-state index contributed by atoms with van der Waals surface area (Å²) in [6, 6.07) is 8.01. The molecule has 108 valence electrons. The summed E-state index contributed by atoms with van der Waals surface area (Å²) >= 11 is 1.76. The zero-order chi connectivity index (χ0) is 13.8. The molecule has 1 amide bonds. The van der Waals surface area contributed by atoms with Gasteiger partial charge in [0.1, 0.15) is 12.4 Å². The Kier molecular flexibility index (Phi) is 4.32. The molecule has 0 bridgehead atoms. The Hall–Kier alpha value is -1.40. The predicted octanol–water partition coefficient (Wildman–Crippen LogP) is 0.664. The van der Waals surface area contributed by atoms with Crippen molar-refractivity contribution in [3.05, 3.63) is 24.3 Å². The number of hydrogen-bond acceptors (Lipinski definition) is 5. The Balaban J connectivity index is 1.50. The van der Waals surface area contributed by atoms with Crippen LogP contribution >= 0.6 is 11.8 Å². The molecule has 0 aliphatic carbocycles. The van der Waals surface area contributed by atoms with Gasteiger partial charge in [-0.2, -0.15) is 0 Å². The summed E-state index contributed by atoms with van der Waals surface area (Å²) in [5.41, 5.74) is 1.11. The fourth-order valence-corrected chi connectivity index (χ4v) is 3.40. The van der Waals surface area contributed by atoms with Gasteiger partial charge in [-0.15, -0.1) is 11.8 Å². The second-order valence-electron chi connectivity index (χ2n) is 4.87. The van der Waals surface area contributed by atoms with Gasteiger partial charge in [-0.3, -0.25) is 10.1 Å². The second kappa shape index (κ2) is 6.37. The number of benzene rings is 1. The van der Waals surface area contributed by atoms with Crippen molar-refractivity contribution in [1.29, 1.82) is 0 Å². The van der Waals surface area contributed by atoms with Gasteiger partial charge in [0, 0.05) is 24.7 Å². The van der Waals surface area contributed by atoms with E-state index in [1.54, 1.807) is 11.8 Å². The minimum absolute atomic E-state index is 0.0306. The first-order valence-electron chi connectivity index (χ1n) is 6.90. The molecule has 0 aromatic heterocycles. The summed E-state index contributed by atoms with van der Waals surface area (Å²) in [4.78, 5) is 14.2. The summed E-state index contributed by atoms with van der Waals surface area (Å²) in [6.45, 7) is 3.04. The molecule has 0 radical (unpaired) electrons. The van der Waals surface area contributed by atoms with Crippen LogP contribution < -0.4 is 20.3 Å². The molecule has 0 saturated carbocycles. The van der Waals surface area contributed by atoms with E-state index in [9.17, 15) is 4.79 Å². The summed E-state index contributed by atoms with van der Waals surface area (Å²) in [7, 11) is 0. The number of carbonyl (C=O) groups is 1. The summed E-state index contributed by atoms with van der Waals surface area (Å²) in [5, 5.41) is 6.18. The lowest BCUT2D eigenvalue weighted by molar-refractivity contribution is -0.122. The molecule has 5 nitrogen and oxygen atoms in total. The van der Waals surface area contributed by atoms with Gasteiger partial charge in [-0.05, 0) is 12.1 Å². The van der Waals surface area contributed by atoms with Crippen molar-refractivity contribution in [2.45, 2.75) is 6.04 Å². The van der Waals surface area contributed by atoms with Gasteiger partial charge in [0.15, 0.2) is 0 Å². The second-order valence-corrected chi connectivity index (χ2v) is 5.90. The van der Waals surface area contributed by atoms with Crippen molar-refractivity contribution in [2.24, 2.45) is 0 Å². The molecule has 1 aromatic carbocycles. The van der Waals surface area contributed by atoms with E-state index in [-0.39, 0.29) is 11.9 Å². The Morgan fingerprint density at radius 3 is 3.25 bits per heavy atom. The van der Waals surface area contributed by atoms with Crippen molar-refractivity contribution in [3.8, 4) is 5.75 Å². The first kappa shape index (κ1) is 13.6. The van der Waals surface area contributed by atoms with Crippen LogP contribution in [0.25, 0.3) is 0 Å². The van der Waals surface area contributed by atoms with Gasteiger partial charge in [-0.1, -0.05) is 12.1 Å². The normalized spacial score (nSPS) is 21.2. The number of hydrogen-bond donors (Lipinski definition) is 2. The molecular formula is C14H19N3O2S. The highest BCUT2D eigenvalue weighted by Crippen LogP contribution is 2.30. The number of ether oxygens (including phenoxy) is 1. The minimum Gasteiger partial charge on any atom is -0.490 e. The van der Waals surface area contributed by atoms with Gasteiger partial charge in [0.25, 0.3) is 0 Å². The number of carbonyl (C=O) groups excluding carboxylic acids is 1. The predicted molar refractivity (Wildman–Crippen MR) is 81.4 cm³/mol. The monoisotopic (exact) mass is 293 g/mol. The Morgan fingerprint density at radius 1 is 1.50 bits per heavy atom. The van der Waals surface area contributed by atoms with Crippen LogP contribution in [-0.4, -0.2) is 49.8 Å². The number of anilines is 1. The molecule has 1 fully saturated rings. The van der Waals surface area contributed by atoms with E-state index < -0.39 is 0 Å². The number of para-hydroxylation sites is 2. The first-order chi connectivity index (χ1) is 9.84.